The molecule has 32 valence electrons. The third-order valence-corrected chi connectivity index (χ3v) is 2.93. The number of rotatable bonds is 1. The first-order valence-electron chi connectivity index (χ1n) is 1.32. The monoisotopic (exact) mass is 156 g/mol. The lowest BCUT2D eigenvalue weighted by atomic mass is 11.9. The highest BCUT2D eigenvalue weighted by atomic mass is 79.9. The molecule has 0 saturated carbocycles. The van der Waals surface area contributed by atoms with E-state index in [2.05, 4.69) is 15.9 Å². The van der Waals surface area contributed by atoms with Crippen LogP contribution in [0.15, 0.2) is 0 Å². The summed E-state index contributed by atoms with van der Waals surface area (Å²) >= 11 is 3.05. The molecule has 1 atom stereocenters. The van der Waals surface area contributed by atoms with Crippen molar-refractivity contribution in [2.75, 3.05) is 11.7 Å². The molecule has 0 saturated heterocycles. The van der Waals surface area contributed by atoms with Gasteiger partial charge in [-0.15, -0.1) is 0 Å². The van der Waals surface area contributed by atoms with Crippen molar-refractivity contribution in [2.45, 2.75) is 0 Å². The molecule has 0 fully saturated rings. The Balaban J connectivity index is 2.85. The number of halogens is 1. The van der Waals surface area contributed by atoms with Crippen molar-refractivity contribution in [3.63, 3.8) is 0 Å². The molecule has 0 heterocycles. The van der Waals surface area contributed by atoms with Crippen molar-refractivity contribution in [3.05, 3.63) is 0 Å². The van der Waals surface area contributed by atoms with Gasteiger partial charge in [0, 0.05) is 0 Å². The number of hydrogen-bond donors (Lipinski definition) is 0. The molecule has 0 aliphatic heterocycles. The average Bonchev–Trinajstić information content (AvgIpc) is 1.38. The van der Waals surface area contributed by atoms with Crippen LogP contribution in [-0.2, 0) is 4.57 Å². The fraction of sp³-hybridized carbons (Fsp3) is 1.00. The van der Waals surface area contributed by atoms with E-state index in [0.717, 1.165) is 0 Å². The largest absolute Gasteiger partial charge is 0.326 e. The highest BCUT2D eigenvalue weighted by Gasteiger charge is 1.76. The van der Waals surface area contributed by atoms with Gasteiger partial charge in [-0.3, -0.25) is 0 Å². The van der Waals surface area contributed by atoms with Crippen LogP contribution in [0.5, 0.6) is 0 Å². The molecule has 5 heavy (non-hydrogen) atoms. The molecule has 0 aliphatic carbocycles. The van der Waals surface area contributed by atoms with E-state index < -0.39 is 7.80 Å². The van der Waals surface area contributed by atoms with Gasteiger partial charge in [-0.1, -0.05) is 15.9 Å². The van der Waals surface area contributed by atoms with Gasteiger partial charge in [0.15, 0.2) is 0 Å². The maximum atomic E-state index is 9.95. The Labute approximate surface area is 40.7 Å². The Morgan fingerprint density at radius 1 is 2.00 bits per heavy atom. The lowest BCUT2D eigenvalue weighted by Crippen LogP contribution is -1.48. The fourth-order valence-electron chi connectivity index (χ4n) is 0. The molecule has 3 heteroatoms. The topological polar surface area (TPSA) is 17.1 Å². The summed E-state index contributed by atoms with van der Waals surface area (Å²) in [4.78, 5) is 0. The van der Waals surface area contributed by atoms with E-state index in [1.807, 2.05) is 0 Å². The first-order valence-corrected chi connectivity index (χ1v) is 4.56. The summed E-state index contributed by atoms with van der Waals surface area (Å²) in [6.07, 6.45) is 0. The van der Waals surface area contributed by atoms with Gasteiger partial charge in [0.1, 0.15) is 0 Å². The summed E-state index contributed by atoms with van der Waals surface area (Å²) in [6, 6.07) is 0. The van der Waals surface area contributed by atoms with E-state index in [-0.39, 0.29) is 0 Å². The predicted molar refractivity (Wildman–Crippen MR) is 28.7 cm³/mol. The van der Waals surface area contributed by atoms with E-state index in [1.54, 1.807) is 6.66 Å². The number of alkyl halides is 1. The van der Waals surface area contributed by atoms with E-state index >= 15 is 0 Å². The zero-order valence-corrected chi connectivity index (χ0v) is 5.58. The first kappa shape index (κ1) is 5.71. The van der Waals surface area contributed by atoms with E-state index in [4.69, 9.17) is 0 Å². The van der Waals surface area contributed by atoms with Crippen molar-refractivity contribution in [1.29, 1.82) is 0 Å². The zero-order chi connectivity index (χ0) is 4.28. The zero-order valence-electron chi connectivity index (χ0n) is 2.99. The van der Waals surface area contributed by atoms with Crippen LogP contribution in [0.4, 0.5) is 0 Å². The van der Waals surface area contributed by atoms with Gasteiger partial charge in [-0.05, 0) is 6.66 Å². The molecule has 0 aromatic heterocycles. The molecule has 0 aromatic rings. The van der Waals surface area contributed by atoms with E-state index in [1.165, 1.54) is 0 Å². The summed E-state index contributed by atoms with van der Waals surface area (Å²) in [5.41, 5.74) is 0. The fourth-order valence-corrected chi connectivity index (χ4v) is 0. The van der Waals surface area contributed by atoms with Gasteiger partial charge in [0.05, 0.1) is 12.9 Å². The van der Waals surface area contributed by atoms with Crippen LogP contribution < -0.4 is 0 Å². The molecule has 0 aromatic carbocycles. The molecular formula is C2H6BrOP. The molecule has 0 rings (SSSR count). The quantitative estimate of drug-likeness (QED) is 0.416. The van der Waals surface area contributed by atoms with Crippen LogP contribution in [-0.4, -0.2) is 11.7 Å². The van der Waals surface area contributed by atoms with Crippen molar-refractivity contribution < 1.29 is 4.57 Å². The summed E-state index contributed by atoms with van der Waals surface area (Å²) in [7, 11) is -1.21. The maximum absolute atomic E-state index is 9.95. The molecule has 0 spiro atoms. The van der Waals surface area contributed by atoms with Crippen LogP contribution in [0.25, 0.3) is 0 Å². The van der Waals surface area contributed by atoms with Crippen molar-refractivity contribution in [1.82, 2.24) is 0 Å². The van der Waals surface area contributed by atoms with Crippen LogP contribution in [0.1, 0.15) is 0 Å². The van der Waals surface area contributed by atoms with Crippen molar-refractivity contribution >= 4 is 23.7 Å². The average molecular weight is 157 g/mol. The van der Waals surface area contributed by atoms with Crippen molar-refractivity contribution in [2.24, 2.45) is 0 Å². The van der Waals surface area contributed by atoms with Crippen LogP contribution >= 0.6 is 23.7 Å². The third kappa shape index (κ3) is 4.71. The predicted octanol–water partition coefficient (Wildman–Crippen LogP) is 1.53. The smallest absolute Gasteiger partial charge is 0.0833 e. The third-order valence-electron chi connectivity index (χ3n) is 0.188. The molecule has 0 N–H and O–H groups in total. The minimum Gasteiger partial charge on any atom is -0.326 e. The SMILES string of the molecule is C[PH](=O)CBr. The molecule has 0 bridgehead atoms. The van der Waals surface area contributed by atoms with Gasteiger partial charge >= 0.3 is 0 Å². The van der Waals surface area contributed by atoms with Crippen LogP contribution in [0.2, 0.25) is 0 Å². The second kappa shape index (κ2) is 2.92. The Kier molecular flexibility index (Phi) is 3.34. The number of hydrogen-bond acceptors (Lipinski definition) is 1. The maximum Gasteiger partial charge on any atom is 0.0833 e. The minimum absolute atomic E-state index is 0.664. The summed E-state index contributed by atoms with van der Waals surface area (Å²) in [5, 5.41) is 0.664. The Bertz CT molecular complexity index is 44.9. The first-order chi connectivity index (χ1) is 2.27. The highest BCUT2D eigenvalue weighted by molar-refractivity contribution is 9.10. The minimum atomic E-state index is -1.21. The lowest BCUT2D eigenvalue weighted by molar-refractivity contribution is 0.594. The molecule has 0 aliphatic rings. The summed E-state index contributed by atoms with van der Waals surface area (Å²) in [5.74, 6) is 0. The Hall–Kier alpha value is 0.710. The van der Waals surface area contributed by atoms with Gasteiger partial charge in [-0.2, -0.15) is 0 Å². The standard InChI is InChI=1S/C2H6BrOP/c1-5(4)2-3/h5H,2H2,1H3. The molecule has 1 unspecified atom stereocenters. The normalized spacial score (nSPS) is 14.8. The molecule has 0 radical (unpaired) electrons. The second-order valence-electron chi connectivity index (χ2n) is 0.836. The Morgan fingerprint density at radius 3 is 2.20 bits per heavy atom. The van der Waals surface area contributed by atoms with Gasteiger partial charge in [-0.25, -0.2) is 0 Å². The van der Waals surface area contributed by atoms with Crippen LogP contribution in [0, 0.1) is 0 Å². The summed E-state index contributed by atoms with van der Waals surface area (Å²) < 4.78 is 9.95. The van der Waals surface area contributed by atoms with Gasteiger partial charge < -0.3 is 4.57 Å². The molecule has 0 amide bonds. The Morgan fingerprint density at radius 2 is 2.20 bits per heavy atom. The van der Waals surface area contributed by atoms with E-state index in [9.17, 15) is 4.57 Å². The second-order valence-corrected chi connectivity index (χ2v) is 4.19. The van der Waals surface area contributed by atoms with Gasteiger partial charge in [0.25, 0.3) is 0 Å². The van der Waals surface area contributed by atoms with Crippen LogP contribution in [0.3, 0.4) is 0 Å². The van der Waals surface area contributed by atoms with Crippen molar-refractivity contribution in [3.8, 4) is 0 Å². The van der Waals surface area contributed by atoms with Gasteiger partial charge in [0.2, 0.25) is 0 Å². The summed E-state index contributed by atoms with van der Waals surface area (Å²) in [6.45, 7) is 1.72. The molecule has 1 nitrogen and oxygen atoms in total. The lowest BCUT2D eigenvalue weighted by Gasteiger charge is -1.72. The van der Waals surface area contributed by atoms with E-state index in [0.29, 0.717) is 5.07 Å². The highest BCUT2D eigenvalue weighted by Crippen LogP contribution is 2.14. The molecular weight excluding hydrogens is 151 g/mol.